The minimum absolute atomic E-state index is 0.0302. The van der Waals surface area contributed by atoms with Gasteiger partial charge in [0.1, 0.15) is 5.69 Å². The summed E-state index contributed by atoms with van der Waals surface area (Å²) in [5.41, 5.74) is 0.370. The second-order valence-corrected chi connectivity index (χ2v) is 5.59. The summed E-state index contributed by atoms with van der Waals surface area (Å²) in [4.78, 5) is 13.1. The van der Waals surface area contributed by atoms with Crippen LogP contribution in [0.15, 0.2) is 12.1 Å². The fourth-order valence-electron chi connectivity index (χ4n) is 2.65. The molecule has 0 unspecified atom stereocenters. The molecule has 1 fully saturated rings. The highest BCUT2D eigenvalue weighted by atomic mass is 16.6. The maximum Gasteiger partial charge on any atom is 0.296 e. The quantitative estimate of drug-likeness (QED) is 0.674. The molecule has 1 aliphatic rings. The Morgan fingerprint density at radius 1 is 1.29 bits per heavy atom. The maximum absolute atomic E-state index is 11.4. The number of benzene rings is 1. The molecule has 1 N–H and O–H groups in total. The monoisotopic (exact) mass is 295 g/mol. The number of nitrogens with one attached hydrogen (secondary N) is 1. The number of methoxy groups -OCH3 is 2. The molecule has 21 heavy (non-hydrogen) atoms. The van der Waals surface area contributed by atoms with Crippen LogP contribution in [-0.2, 0) is 0 Å². The van der Waals surface area contributed by atoms with Crippen molar-refractivity contribution in [3.05, 3.63) is 22.2 Å². The standard InChI is InChI=1S/C14H21N3O4/c1-14(2)9-15-5-6-16(14)10-7-12(20-3)13(21-4)8-11(10)17(18)19/h7-8,15H,5-6,9H2,1-4H3. The predicted octanol–water partition coefficient (Wildman–Crippen LogP) is 1.80. The maximum atomic E-state index is 11.4. The molecule has 0 saturated carbocycles. The van der Waals surface area contributed by atoms with E-state index in [4.69, 9.17) is 9.47 Å². The van der Waals surface area contributed by atoms with Crippen molar-refractivity contribution < 1.29 is 14.4 Å². The lowest BCUT2D eigenvalue weighted by Crippen LogP contribution is -2.58. The molecular weight excluding hydrogens is 274 g/mol. The van der Waals surface area contributed by atoms with Gasteiger partial charge in [-0.15, -0.1) is 0 Å². The lowest BCUT2D eigenvalue weighted by molar-refractivity contribution is -0.384. The number of ether oxygens (including phenoxy) is 2. The zero-order valence-electron chi connectivity index (χ0n) is 12.8. The van der Waals surface area contributed by atoms with Crippen LogP contribution in [0.3, 0.4) is 0 Å². The Balaban J connectivity index is 2.57. The first-order chi connectivity index (χ1) is 9.90. The first-order valence-electron chi connectivity index (χ1n) is 6.79. The number of nitro groups is 1. The third-order valence-electron chi connectivity index (χ3n) is 3.77. The SMILES string of the molecule is COc1cc(N2CCNCC2(C)C)c([N+](=O)[O-])cc1OC. The normalized spacial score (nSPS) is 17.4. The van der Waals surface area contributed by atoms with Crippen LogP contribution < -0.4 is 19.7 Å². The third kappa shape index (κ3) is 2.87. The molecule has 0 aliphatic carbocycles. The van der Waals surface area contributed by atoms with Crippen molar-refractivity contribution in [2.45, 2.75) is 19.4 Å². The summed E-state index contributed by atoms with van der Waals surface area (Å²) in [5.74, 6) is 0.855. The summed E-state index contributed by atoms with van der Waals surface area (Å²) in [7, 11) is 2.99. The fraction of sp³-hybridized carbons (Fsp3) is 0.571. The number of hydrogen-bond donors (Lipinski definition) is 1. The molecule has 1 aliphatic heterocycles. The lowest BCUT2D eigenvalue weighted by atomic mass is 9.98. The van der Waals surface area contributed by atoms with E-state index in [0.717, 1.165) is 13.1 Å². The first-order valence-corrected chi connectivity index (χ1v) is 6.79. The summed E-state index contributed by atoms with van der Waals surface area (Å²) in [5, 5.41) is 14.7. The first kappa shape index (κ1) is 15.4. The van der Waals surface area contributed by atoms with Crippen LogP contribution in [0.5, 0.6) is 11.5 Å². The minimum atomic E-state index is -0.380. The third-order valence-corrected chi connectivity index (χ3v) is 3.77. The second kappa shape index (κ2) is 5.77. The van der Waals surface area contributed by atoms with Gasteiger partial charge in [0.25, 0.3) is 5.69 Å². The molecular formula is C14H21N3O4. The van der Waals surface area contributed by atoms with Gasteiger partial charge in [-0.25, -0.2) is 0 Å². The Hall–Kier alpha value is -2.02. The summed E-state index contributed by atoms with van der Waals surface area (Å²) < 4.78 is 10.4. The van der Waals surface area contributed by atoms with Crippen LogP contribution >= 0.6 is 0 Å². The largest absolute Gasteiger partial charge is 0.493 e. The van der Waals surface area contributed by atoms with Gasteiger partial charge in [0.15, 0.2) is 11.5 Å². The zero-order chi connectivity index (χ0) is 15.6. The molecule has 0 aromatic heterocycles. The van der Waals surface area contributed by atoms with Crippen molar-refractivity contribution in [1.29, 1.82) is 0 Å². The average Bonchev–Trinajstić information content (AvgIpc) is 2.45. The molecule has 0 atom stereocenters. The summed E-state index contributed by atoms with van der Waals surface area (Å²) >= 11 is 0. The second-order valence-electron chi connectivity index (χ2n) is 5.59. The molecule has 116 valence electrons. The molecule has 7 heteroatoms. The van der Waals surface area contributed by atoms with Crippen molar-refractivity contribution in [2.24, 2.45) is 0 Å². The Bertz CT molecular complexity index is 545. The van der Waals surface area contributed by atoms with Gasteiger partial charge in [-0.05, 0) is 13.8 Å². The number of nitro benzene ring substituents is 1. The van der Waals surface area contributed by atoms with Crippen LogP contribution in [-0.4, -0.2) is 44.3 Å². The molecule has 0 radical (unpaired) electrons. The van der Waals surface area contributed by atoms with Crippen molar-refractivity contribution in [1.82, 2.24) is 5.32 Å². The highest BCUT2D eigenvalue weighted by Crippen LogP contribution is 2.41. The smallest absolute Gasteiger partial charge is 0.296 e. The number of piperazine rings is 1. The molecule has 1 heterocycles. The molecule has 7 nitrogen and oxygen atoms in total. The highest BCUT2D eigenvalue weighted by Gasteiger charge is 2.34. The van der Waals surface area contributed by atoms with Crippen LogP contribution in [0, 0.1) is 10.1 Å². The molecule has 0 bridgehead atoms. The van der Waals surface area contributed by atoms with E-state index in [-0.39, 0.29) is 16.1 Å². The number of hydrogen-bond acceptors (Lipinski definition) is 6. The summed E-state index contributed by atoms with van der Waals surface area (Å²) in [6.45, 7) is 6.36. The topological polar surface area (TPSA) is 76.9 Å². The van der Waals surface area contributed by atoms with E-state index in [1.165, 1.54) is 20.3 Å². The van der Waals surface area contributed by atoms with Gasteiger partial charge in [0.05, 0.1) is 25.2 Å². The van der Waals surface area contributed by atoms with E-state index in [0.29, 0.717) is 23.7 Å². The van der Waals surface area contributed by atoms with E-state index < -0.39 is 0 Å². The summed E-state index contributed by atoms with van der Waals surface area (Å²) in [6.07, 6.45) is 0. The van der Waals surface area contributed by atoms with Gasteiger partial charge in [0, 0.05) is 31.2 Å². The van der Waals surface area contributed by atoms with Crippen LogP contribution in [0.25, 0.3) is 0 Å². The van der Waals surface area contributed by atoms with Gasteiger partial charge in [0.2, 0.25) is 0 Å². The Morgan fingerprint density at radius 2 is 1.90 bits per heavy atom. The van der Waals surface area contributed by atoms with E-state index in [1.807, 2.05) is 4.90 Å². The Labute approximate surface area is 124 Å². The van der Waals surface area contributed by atoms with Crippen molar-refractivity contribution >= 4 is 11.4 Å². The van der Waals surface area contributed by atoms with Crippen LogP contribution in [0.1, 0.15) is 13.8 Å². The van der Waals surface area contributed by atoms with Crippen LogP contribution in [0.2, 0.25) is 0 Å². The fourth-order valence-corrected chi connectivity index (χ4v) is 2.65. The molecule has 0 spiro atoms. The van der Waals surface area contributed by atoms with Gasteiger partial charge < -0.3 is 19.7 Å². The molecule has 2 rings (SSSR count). The summed E-state index contributed by atoms with van der Waals surface area (Å²) in [6, 6.07) is 3.11. The van der Waals surface area contributed by atoms with Gasteiger partial charge in [-0.3, -0.25) is 10.1 Å². The predicted molar refractivity (Wildman–Crippen MR) is 80.5 cm³/mol. The zero-order valence-corrected chi connectivity index (χ0v) is 12.8. The lowest BCUT2D eigenvalue weighted by Gasteiger charge is -2.44. The average molecular weight is 295 g/mol. The van der Waals surface area contributed by atoms with E-state index in [2.05, 4.69) is 19.2 Å². The number of anilines is 1. The Morgan fingerprint density at radius 3 is 2.43 bits per heavy atom. The van der Waals surface area contributed by atoms with E-state index in [1.54, 1.807) is 6.07 Å². The van der Waals surface area contributed by atoms with Crippen LogP contribution in [0.4, 0.5) is 11.4 Å². The molecule has 1 aromatic carbocycles. The van der Waals surface area contributed by atoms with E-state index >= 15 is 0 Å². The number of rotatable bonds is 4. The molecule has 1 aromatic rings. The van der Waals surface area contributed by atoms with Gasteiger partial charge in [-0.2, -0.15) is 0 Å². The van der Waals surface area contributed by atoms with Crippen molar-refractivity contribution in [3.8, 4) is 11.5 Å². The van der Waals surface area contributed by atoms with E-state index in [9.17, 15) is 10.1 Å². The van der Waals surface area contributed by atoms with Gasteiger partial charge >= 0.3 is 0 Å². The Kier molecular flexibility index (Phi) is 4.22. The highest BCUT2D eigenvalue weighted by molar-refractivity contribution is 5.71. The van der Waals surface area contributed by atoms with Crippen molar-refractivity contribution in [2.75, 3.05) is 38.8 Å². The molecule has 1 saturated heterocycles. The minimum Gasteiger partial charge on any atom is -0.493 e. The van der Waals surface area contributed by atoms with Crippen molar-refractivity contribution in [3.63, 3.8) is 0 Å². The van der Waals surface area contributed by atoms with Gasteiger partial charge in [-0.1, -0.05) is 0 Å². The molecule has 0 amide bonds. The number of nitrogens with zero attached hydrogens (tertiary/aromatic N) is 2.